The summed E-state index contributed by atoms with van der Waals surface area (Å²) in [6, 6.07) is 3.85. The van der Waals surface area contributed by atoms with Crippen molar-refractivity contribution in [2.24, 2.45) is 0 Å². The van der Waals surface area contributed by atoms with Crippen molar-refractivity contribution in [1.82, 2.24) is 14.5 Å². The second kappa shape index (κ2) is 4.78. The summed E-state index contributed by atoms with van der Waals surface area (Å²) >= 11 is 0. The molecule has 1 aliphatic rings. The Morgan fingerprint density at radius 2 is 2.44 bits per heavy atom. The standard InChI is InChI=1S/C13H16N4O/c14-13-11(4-1-5-16-13)12-7-15-9-17(12)8-10-3-2-6-18-10/h1,4-5,7,9-10H,2-3,6,8H2,(H2,14,16). The maximum Gasteiger partial charge on any atom is 0.132 e. The summed E-state index contributed by atoms with van der Waals surface area (Å²) < 4.78 is 7.74. The molecule has 0 amide bonds. The van der Waals surface area contributed by atoms with E-state index in [0.29, 0.717) is 5.82 Å². The number of hydrogen-bond acceptors (Lipinski definition) is 4. The highest BCUT2D eigenvalue weighted by atomic mass is 16.5. The topological polar surface area (TPSA) is 66.0 Å². The maximum absolute atomic E-state index is 5.91. The van der Waals surface area contributed by atoms with Crippen molar-refractivity contribution in [2.45, 2.75) is 25.5 Å². The van der Waals surface area contributed by atoms with E-state index in [0.717, 1.165) is 37.3 Å². The average Bonchev–Trinajstić information content (AvgIpc) is 3.02. The molecule has 0 aliphatic carbocycles. The Bertz CT molecular complexity index is 531. The van der Waals surface area contributed by atoms with Crippen LogP contribution in [-0.2, 0) is 11.3 Å². The summed E-state index contributed by atoms with van der Waals surface area (Å²) in [5, 5.41) is 0. The Morgan fingerprint density at radius 3 is 3.22 bits per heavy atom. The van der Waals surface area contributed by atoms with E-state index in [2.05, 4.69) is 14.5 Å². The molecule has 94 valence electrons. The van der Waals surface area contributed by atoms with Crippen molar-refractivity contribution < 1.29 is 4.74 Å². The molecule has 18 heavy (non-hydrogen) atoms. The van der Waals surface area contributed by atoms with Crippen LogP contribution in [0, 0.1) is 0 Å². The highest BCUT2D eigenvalue weighted by molar-refractivity contribution is 5.70. The molecule has 2 N–H and O–H groups in total. The zero-order valence-corrected chi connectivity index (χ0v) is 10.1. The van der Waals surface area contributed by atoms with E-state index in [1.54, 1.807) is 6.20 Å². The number of nitrogens with zero attached hydrogens (tertiary/aromatic N) is 3. The Hall–Kier alpha value is -1.88. The summed E-state index contributed by atoms with van der Waals surface area (Å²) in [4.78, 5) is 8.32. The molecule has 5 nitrogen and oxygen atoms in total. The van der Waals surface area contributed by atoms with Crippen molar-refractivity contribution in [3.63, 3.8) is 0 Å². The number of aromatic nitrogens is 3. The minimum atomic E-state index is 0.288. The third-order valence-corrected chi connectivity index (χ3v) is 3.25. The van der Waals surface area contributed by atoms with Gasteiger partial charge in [0.15, 0.2) is 0 Å². The molecule has 2 aromatic rings. The van der Waals surface area contributed by atoms with Crippen LogP contribution in [0.25, 0.3) is 11.3 Å². The number of ether oxygens (including phenoxy) is 1. The van der Waals surface area contributed by atoms with E-state index < -0.39 is 0 Å². The first-order chi connectivity index (χ1) is 8.84. The minimum absolute atomic E-state index is 0.288. The molecule has 1 saturated heterocycles. The van der Waals surface area contributed by atoms with E-state index in [1.807, 2.05) is 24.7 Å². The molecule has 0 bridgehead atoms. The van der Waals surface area contributed by atoms with E-state index in [9.17, 15) is 0 Å². The molecule has 5 heteroatoms. The van der Waals surface area contributed by atoms with E-state index in [-0.39, 0.29) is 6.10 Å². The van der Waals surface area contributed by atoms with Gasteiger partial charge in [0, 0.05) is 18.4 Å². The van der Waals surface area contributed by atoms with Gasteiger partial charge in [-0.1, -0.05) is 0 Å². The number of hydrogen-bond donors (Lipinski definition) is 1. The molecule has 0 saturated carbocycles. The van der Waals surface area contributed by atoms with Crippen molar-refractivity contribution in [1.29, 1.82) is 0 Å². The molecule has 1 atom stereocenters. The van der Waals surface area contributed by atoms with Crippen molar-refractivity contribution in [3.05, 3.63) is 30.9 Å². The largest absolute Gasteiger partial charge is 0.383 e. The number of nitrogens with two attached hydrogens (primary N) is 1. The fraction of sp³-hybridized carbons (Fsp3) is 0.385. The predicted octanol–water partition coefficient (Wildman–Crippen LogP) is 1.71. The van der Waals surface area contributed by atoms with Crippen molar-refractivity contribution >= 4 is 5.82 Å². The van der Waals surface area contributed by atoms with Gasteiger partial charge in [0.2, 0.25) is 0 Å². The Labute approximate surface area is 106 Å². The lowest BCUT2D eigenvalue weighted by atomic mass is 10.2. The first-order valence-corrected chi connectivity index (χ1v) is 6.17. The molecule has 0 radical (unpaired) electrons. The van der Waals surface area contributed by atoms with Crippen LogP contribution in [0.2, 0.25) is 0 Å². The molecule has 3 rings (SSSR count). The van der Waals surface area contributed by atoms with Crippen LogP contribution in [0.15, 0.2) is 30.9 Å². The predicted molar refractivity (Wildman–Crippen MR) is 68.8 cm³/mol. The van der Waals surface area contributed by atoms with Gasteiger partial charge in [0.05, 0.1) is 30.9 Å². The van der Waals surface area contributed by atoms with E-state index >= 15 is 0 Å². The second-order valence-corrected chi connectivity index (χ2v) is 4.50. The van der Waals surface area contributed by atoms with Crippen LogP contribution in [0.4, 0.5) is 5.82 Å². The minimum Gasteiger partial charge on any atom is -0.383 e. The van der Waals surface area contributed by atoms with Crippen molar-refractivity contribution in [2.75, 3.05) is 12.3 Å². The monoisotopic (exact) mass is 244 g/mol. The SMILES string of the molecule is Nc1ncccc1-c1cncn1CC1CCCO1. The zero-order valence-electron chi connectivity index (χ0n) is 10.1. The third-order valence-electron chi connectivity index (χ3n) is 3.25. The maximum atomic E-state index is 5.91. The van der Waals surface area contributed by atoms with Crippen molar-refractivity contribution in [3.8, 4) is 11.3 Å². The van der Waals surface area contributed by atoms with Crippen LogP contribution in [0.1, 0.15) is 12.8 Å². The molecule has 1 fully saturated rings. The highest BCUT2D eigenvalue weighted by Crippen LogP contribution is 2.25. The Balaban J connectivity index is 1.89. The van der Waals surface area contributed by atoms with Crippen LogP contribution < -0.4 is 5.73 Å². The zero-order chi connectivity index (χ0) is 12.4. The van der Waals surface area contributed by atoms with E-state index in [4.69, 9.17) is 10.5 Å². The second-order valence-electron chi connectivity index (χ2n) is 4.50. The number of imidazole rings is 1. The van der Waals surface area contributed by atoms with Gasteiger partial charge in [-0.3, -0.25) is 0 Å². The van der Waals surface area contributed by atoms with Gasteiger partial charge >= 0.3 is 0 Å². The van der Waals surface area contributed by atoms with Gasteiger partial charge in [0.1, 0.15) is 5.82 Å². The Kier molecular flexibility index (Phi) is 2.98. The Morgan fingerprint density at radius 1 is 1.50 bits per heavy atom. The molecule has 0 aromatic carbocycles. The molecule has 1 unspecified atom stereocenters. The molecular formula is C13H16N4O. The van der Waals surface area contributed by atoms with Gasteiger partial charge in [-0.05, 0) is 25.0 Å². The molecule has 3 heterocycles. The summed E-state index contributed by atoms with van der Waals surface area (Å²) in [6.45, 7) is 1.69. The number of nitrogen functional groups attached to an aromatic ring is 1. The molecule has 0 spiro atoms. The average molecular weight is 244 g/mol. The lowest BCUT2D eigenvalue weighted by molar-refractivity contribution is 0.0973. The highest BCUT2D eigenvalue weighted by Gasteiger charge is 2.18. The summed E-state index contributed by atoms with van der Waals surface area (Å²) in [6.07, 6.45) is 7.88. The van der Waals surface area contributed by atoms with Gasteiger partial charge in [-0.25, -0.2) is 9.97 Å². The van der Waals surface area contributed by atoms with Gasteiger partial charge < -0.3 is 15.0 Å². The van der Waals surface area contributed by atoms with E-state index in [1.165, 1.54) is 0 Å². The first-order valence-electron chi connectivity index (χ1n) is 6.17. The lowest BCUT2D eigenvalue weighted by Gasteiger charge is -2.13. The smallest absolute Gasteiger partial charge is 0.132 e. The van der Waals surface area contributed by atoms with Crippen LogP contribution >= 0.6 is 0 Å². The van der Waals surface area contributed by atoms with Crippen LogP contribution in [-0.4, -0.2) is 27.2 Å². The number of rotatable bonds is 3. The quantitative estimate of drug-likeness (QED) is 0.892. The third kappa shape index (κ3) is 2.09. The fourth-order valence-electron chi connectivity index (χ4n) is 2.33. The normalized spacial score (nSPS) is 19.2. The number of anilines is 1. The summed E-state index contributed by atoms with van der Waals surface area (Å²) in [5.41, 5.74) is 7.83. The lowest BCUT2D eigenvalue weighted by Crippen LogP contribution is -2.15. The van der Waals surface area contributed by atoms with Crippen LogP contribution in [0.5, 0.6) is 0 Å². The molecular weight excluding hydrogens is 228 g/mol. The van der Waals surface area contributed by atoms with Gasteiger partial charge in [-0.2, -0.15) is 0 Å². The molecule has 1 aliphatic heterocycles. The fourth-order valence-corrected chi connectivity index (χ4v) is 2.33. The first kappa shape index (κ1) is 11.2. The summed E-state index contributed by atoms with van der Waals surface area (Å²) in [7, 11) is 0. The van der Waals surface area contributed by atoms with Gasteiger partial charge in [-0.15, -0.1) is 0 Å². The number of pyridine rings is 1. The van der Waals surface area contributed by atoms with Crippen LogP contribution in [0.3, 0.4) is 0 Å². The molecule has 2 aromatic heterocycles. The van der Waals surface area contributed by atoms with Gasteiger partial charge in [0.25, 0.3) is 0 Å². The summed E-state index contributed by atoms with van der Waals surface area (Å²) in [5.74, 6) is 0.534.